The van der Waals surface area contributed by atoms with Crippen molar-refractivity contribution >= 4 is 36.6 Å². The second-order valence-corrected chi connectivity index (χ2v) is 7.77. The number of nitrogens with one attached hydrogen (secondary N) is 1. The molecule has 3 rings (SSSR count). The van der Waals surface area contributed by atoms with Crippen LogP contribution in [0, 0.1) is 5.92 Å². The number of piperazine rings is 1. The number of amides is 2. The summed E-state index contributed by atoms with van der Waals surface area (Å²) in [6.45, 7) is 4.59. The average Bonchev–Trinajstić information content (AvgIpc) is 3.13. The van der Waals surface area contributed by atoms with Crippen molar-refractivity contribution in [2.75, 3.05) is 46.4 Å². The normalized spacial score (nSPS) is 21.3. The minimum absolute atomic E-state index is 0. The predicted molar refractivity (Wildman–Crippen MR) is 123 cm³/mol. The molecule has 1 aliphatic carbocycles. The van der Waals surface area contributed by atoms with Crippen molar-refractivity contribution in [1.29, 1.82) is 0 Å². The molecule has 9 heteroatoms. The highest BCUT2D eigenvalue weighted by Gasteiger charge is 2.29. The van der Waals surface area contributed by atoms with Gasteiger partial charge in [0.25, 0.3) is 5.91 Å². The summed E-state index contributed by atoms with van der Waals surface area (Å²) in [5, 5.41) is 2.95. The highest BCUT2D eigenvalue weighted by molar-refractivity contribution is 5.94. The molecule has 1 saturated carbocycles. The van der Waals surface area contributed by atoms with Crippen molar-refractivity contribution in [2.45, 2.75) is 31.7 Å². The van der Waals surface area contributed by atoms with Crippen LogP contribution in [0.4, 0.5) is 0 Å². The highest BCUT2D eigenvalue weighted by Crippen LogP contribution is 2.27. The van der Waals surface area contributed by atoms with Crippen molar-refractivity contribution in [3.05, 3.63) is 29.8 Å². The van der Waals surface area contributed by atoms with Gasteiger partial charge in [-0.3, -0.25) is 14.5 Å². The quantitative estimate of drug-likeness (QED) is 0.648. The Labute approximate surface area is 191 Å². The van der Waals surface area contributed by atoms with Gasteiger partial charge in [-0.15, -0.1) is 24.8 Å². The number of nitrogens with two attached hydrogens (primary N) is 1. The summed E-state index contributed by atoms with van der Waals surface area (Å²) in [5.74, 6) is 1.26. The van der Waals surface area contributed by atoms with Gasteiger partial charge in [-0.2, -0.15) is 0 Å². The van der Waals surface area contributed by atoms with Crippen LogP contribution in [0.1, 0.15) is 36.0 Å². The average molecular weight is 461 g/mol. The predicted octanol–water partition coefficient (Wildman–Crippen LogP) is 1.93. The molecular weight excluding hydrogens is 427 g/mol. The molecule has 1 heterocycles. The molecule has 1 saturated heterocycles. The van der Waals surface area contributed by atoms with Gasteiger partial charge in [-0.1, -0.05) is 6.42 Å². The maximum Gasteiger partial charge on any atom is 0.251 e. The Hall–Kier alpha value is -1.54. The third-order valence-electron chi connectivity index (χ3n) is 5.95. The number of carbonyl (C=O) groups is 2. The van der Waals surface area contributed by atoms with Gasteiger partial charge in [0, 0.05) is 57.3 Å². The Morgan fingerprint density at radius 3 is 2.33 bits per heavy atom. The van der Waals surface area contributed by atoms with Gasteiger partial charge in [0.15, 0.2) is 0 Å². The zero-order chi connectivity index (χ0) is 19.9. The number of methoxy groups -OCH3 is 1. The van der Waals surface area contributed by atoms with Crippen molar-refractivity contribution < 1.29 is 14.3 Å². The summed E-state index contributed by atoms with van der Waals surface area (Å²) in [5.41, 5.74) is 6.72. The van der Waals surface area contributed by atoms with E-state index in [-0.39, 0.29) is 42.7 Å². The smallest absolute Gasteiger partial charge is 0.251 e. The van der Waals surface area contributed by atoms with E-state index in [1.165, 1.54) is 0 Å². The summed E-state index contributed by atoms with van der Waals surface area (Å²) >= 11 is 0. The lowest BCUT2D eigenvalue weighted by Crippen LogP contribution is -2.50. The lowest BCUT2D eigenvalue weighted by Gasteiger charge is -2.35. The third-order valence-corrected chi connectivity index (χ3v) is 5.95. The first-order valence-corrected chi connectivity index (χ1v) is 10.2. The van der Waals surface area contributed by atoms with Crippen molar-refractivity contribution in [2.24, 2.45) is 11.7 Å². The molecule has 0 aromatic heterocycles. The first-order valence-electron chi connectivity index (χ1n) is 10.2. The molecule has 2 atom stereocenters. The number of benzene rings is 1. The van der Waals surface area contributed by atoms with Crippen molar-refractivity contribution in [3.63, 3.8) is 0 Å². The molecule has 2 aliphatic rings. The van der Waals surface area contributed by atoms with Crippen LogP contribution < -0.4 is 15.8 Å². The van der Waals surface area contributed by atoms with Crippen LogP contribution >= 0.6 is 24.8 Å². The van der Waals surface area contributed by atoms with E-state index in [4.69, 9.17) is 10.5 Å². The molecule has 1 aliphatic heterocycles. The van der Waals surface area contributed by atoms with Crippen molar-refractivity contribution in [3.8, 4) is 5.75 Å². The molecule has 170 valence electrons. The molecular formula is C21H34Cl2N4O3. The van der Waals surface area contributed by atoms with Gasteiger partial charge in [-0.25, -0.2) is 0 Å². The summed E-state index contributed by atoms with van der Waals surface area (Å²) in [6, 6.07) is 7.27. The Balaban J connectivity index is 0.00000225. The van der Waals surface area contributed by atoms with Gasteiger partial charge in [0.1, 0.15) is 5.75 Å². The zero-order valence-electron chi connectivity index (χ0n) is 17.5. The van der Waals surface area contributed by atoms with Crippen LogP contribution in [0.25, 0.3) is 0 Å². The van der Waals surface area contributed by atoms with Crippen LogP contribution in [0.3, 0.4) is 0 Å². The van der Waals surface area contributed by atoms with Crippen LogP contribution in [-0.2, 0) is 4.79 Å². The fourth-order valence-corrected chi connectivity index (χ4v) is 4.07. The minimum atomic E-state index is -0.0793. The van der Waals surface area contributed by atoms with Crippen LogP contribution in [0.15, 0.2) is 24.3 Å². The number of ether oxygens (including phenoxy) is 1. The van der Waals surface area contributed by atoms with Crippen LogP contribution in [0.2, 0.25) is 0 Å². The van der Waals surface area contributed by atoms with Gasteiger partial charge >= 0.3 is 0 Å². The SMILES string of the molecule is COc1ccc(C(=O)NCCN2CCN(C(=O)C[C@@H]3CCC[C@H]3N)CC2)cc1.Cl.Cl. The number of rotatable bonds is 7. The lowest BCUT2D eigenvalue weighted by molar-refractivity contribution is -0.134. The first kappa shape index (κ1) is 26.5. The number of carbonyl (C=O) groups excluding carboxylic acids is 2. The molecule has 3 N–H and O–H groups in total. The van der Waals surface area contributed by atoms with Gasteiger partial charge in [-0.05, 0) is 43.0 Å². The Morgan fingerprint density at radius 1 is 1.10 bits per heavy atom. The maximum absolute atomic E-state index is 12.5. The molecule has 0 unspecified atom stereocenters. The summed E-state index contributed by atoms with van der Waals surface area (Å²) in [4.78, 5) is 28.9. The van der Waals surface area contributed by atoms with E-state index in [0.717, 1.165) is 57.7 Å². The number of hydrogen-bond acceptors (Lipinski definition) is 5. The van der Waals surface area contributed by atoms with E-state index in [0.29, 0.717) is 24.4 Å². The Bertz CT molecular complexity index is 667. The largest absolute Gasteiger partial charge is 0.497 e. The summed E-state index contributed by atoms with van der Waals surface area (Å²) in [7, 11) is 1.60. The monoisotopic (exact) mass is 460 g/mol. The third kappa shape index (κ3) is 7.30. The molecule has 2 amide bonds. The van der Waals surface area contributed by atoms with E-state index < -0.39 is 0 Å². The van der Waals surface area contributed by atoms with Gasteiger partial charge < -0.3 is 20.7 Å². The molecule has 2 fully saturated rings. The van der Waals surface area contributed by atoms with Crippen molar-refractivity contribution in [1.82, 2.24) is 15.1 Å². The Morgan fingerprint density at radius 2 is 1.77 bits per heavy atom. The molecule has 0 radical (unpaired) electrons. The van der Waals surface area contributed by atoms with E-state index in [1.54, 1.807) is 31.4 Å². The second kappa shape index (κ2) is 13.0. The van der Waals surface area contributed by atoms with E-state index >= 15 is 0 Å². The van der Waals surface area contributed by atoms with Gasteiger partial charge in [0.05, 0.1) is 7.11 Å². The number of hydrogen-bond donors (Lipinski definition) is 2. The summed E-state index contributed by atoms with van der Waals surface area (Å²) in [6.07, 6.45) is 3.88. The first-order chi connectivity index (χ1) is 13.6. The van der Waals surface area contributed by atoms with E-state index in [2.05, 4.69) is 10.2 Å². The number of nitrogens with zero attached hydrogens (tertiary/aromatic N) is 2. The standard InChI is InChI=1S/C21H32N4O3.2ClH/c1-28-18-7-5-16(6-8-18)21(27)23-9-10-24-11-13-25(14-12-24)20(26)15-17-3-2-4-19(17)22;;/h5-8,17,19H,2-4,9-15,22H2,1H3,(H,23,27);2*1H/t17-,19+;;/m0../s1. The topological polar surface area (TPSA) is 87.9 Å². The van der Waals surface area contributed by atoms with E-state index in [1.807, 2.05) is 4.90 Å². The molecule has 1 aromatic rings. The number of halogens is 2. The van der Waals surface area contributed by atoms with Crippen LogP contribution in [-0.4, -0.2) is 74.0 Å². The molecule has 30 heavy (non-hydrogen) atoms. The summed E-state index contributed by atoms with van der Waals surface area (Å²) < 4.78 is 5.10. The molecule has 1 aromatic carbocycles. The maximum atomic E-state index is 12.5. The molecule has 0 spiro atoms. The Kier molecular flexibility index (Phi) is 11.5. The van der Waals surface area contributed by atoms with Crippen LogP contribution in [0.5, 0.6) is 5.75 Å². The highest BCUT2D eigenvalue weighted by atomic mass is 35.5. The van der Waals surface area contributed by atoms with E-state index in [9.17, 15) is 9.59 Å². The van der Waals surface area contributed by atoms with Gasteiger partial charge in [0.2, 0.25) is 5.91 Å². The second-order valence-electron chi connectivity index (χ2n) is 7.77. The molecule has 0 bridgehead atoms. The fourth-order valence-electron chi connectivity index (χ4n) is 4.07. The lowest BCUT2D eigenvalue weighted by atomic mass is 9.99. The zero-order valence-corrected chi connectivity index (χ0v) is 19.2. The molecule has 7 nitrogen and oxygen atoms in total. The fraction of sp³-hybridized carbons (Fsp3) is 0.619. The minimum Gasteiger partial charge on any atom is -0.497 e.